The Morgan fingerprint density at radius 1 is 1.00 bits per heavy atom. The Hall–Kier alpha value is -3.07. The number of nitrogens with zero attached hydrogens (tertiary/aromatic N) is 3. The summed E-state index contributed by atoms with van der Waals surface area (Å²) in [4.78, 5) is 3.05. The predicted molar refractivity (Wildman–Crippen MR) is 75.8 cm³/mol. The molecule has 0 unspecified atom stereocenters. The number of nitrogens with one attached hydrogen (secondary N) is 1. The summed E-state index contributed by atoms with van der Waals surface area (Å²) in [6, 6.07) is 16.5. The van der Waals surface area contributed by atoms with Crippen molar-refractivity contribution in [1.29, 1.82) is 10.7 Å². The average Bonchev–Trinajstić information content (AvgIpc) is 2.47. The van der Waals surface area contributed by atoms with Crippen LogP contribution in [0.15, 0.2) is 48.5 Å². The maximum absolute atomic E-state index is 9.75. The molecule has 1 N–H and O–H groups in total. The number of diazo groups is 1. The van der Waals surface area contributed by atoms with Crippen molar-refractivity contribution in [2.45, 2.75) is 0 Å². The molecule has 9 heteroatoms. The number of rotatable bonds is 2. The summed E-state index contributed by atoms with van der Waals surface area (Å²) in [7, 11) is -6.00. The third kappa shape index (κ3) is 6.39. The Kier molecular flexibility index (Phi) is 5.90. The molecular formula is C13H9BF4N4. The van der Waals surface area contributed by atoms with Gasteiger partial charge >= 0.3 is 12.9 Å². The van der Waals surface area contributed by atoms with Crippen LogP contribution in [0.25, 0.3) is 4.98 Å². The van der Waals surface area contributed by atoms with Crippen molar-refractivity contribution in [2.24, 2.45) is 0 Å². The smallest absolute Gasteiger partial charge is 0.418 e. The summed E-state index contributed by atoms with van der Waals surface area (Å²) in [5.41, 5.74) is 2.38. The van der Waals surface area contributed by atoms with E-state index in [0.29, 0.717) is 16.9 Å². The zero-order valence-corrected chi connectivity index (χ0v) is 11.0. The van der Waals surface area contributed by atoms with E-state index in [-0.39, 0.29) is 0 Å². The molecule has 2 aromatic rings. The Morgan fingerprint density at radius 2 is 1.59 bits per heavy atom. The fourth-order valence-corrected chi connectivity index (χ4v) is 1.47. The van der Waals surface area contributed by atoms with E-state index in [0.717, 1.165) is 5.69 Å². The molecule has 0 aliphatic carbocycles. The molecule has 0 radical (unpaired) electrons. The fourth-order valence-electron chi connectivity index (χ4n) is 1.47. The van der Waals surface area contributed by atoms with Crippen LogP contribution in [0.2, 0.25) is 0 Å². The topological polar surface area (TPSA) is 64.0 Å². The first-order chi connectivity index (χ1) is 10.3. The van der Waals surface area contributed by atoms with Crippen LogP contribution < -0.4 is 5.32 Å². The minimum absolute atomic E-state index is 0.361. The van der Waals surface area contributed by atoms with Gasteiger partial charge < -0.3 is 22.6 Å². The molecule has 0 amide bonds. The molecule has 0 fully saturated rings. The van der Waals surface area contributed by atoms with Crippen LogP contribution >= 0.6 is 0 Å². The lowest BCUT2D eigenvalue weighted by atomic mass is 10.1. The van der Waals surface area contributed by atoms with Crippen molar-refractivity contribution >= 4 is 24.3 Å². The molecule has 4 nitrogen and oxygen atoms in total. The molecule has 2 aromatic carbocycles. The van der Waals surface area contributed by atoms with Gasteiger partial charge in [-0.25, -0.2) is 0 Å². The van der Waals surface area contributed by atoms with E-state index < -0.39 is 7.25 Å². The van der Waals surface area contributed by atoms with Crippen molar-refractivity contribution in [3.8, 4) is 6.07 Å². The first-order valence-corrected chi connectivity index (χ1v) is 5.92. The molecule has 22 heavy (non-hydrogen) atoms. The fraction of sp³-hybridized carbons (Fsp3) is 0. The lowest BCUT2D eigenvalue weighted by Crippen LogP contribution is -2.02. The van der Waals surface area contributed by atoms with Crippen LogP contribution in [0.5, 0.6) is 0 Å². The summed E-state index contributed by atoms with van der Waals surface area (Å²) >= 11 is 0. The largest absolute Gasteiger partial charge is 0.673 e. The highest BCUT2D eigenvalue weighted by molar-refractivity contribution is 6.50. The van der Waals surface area contributed by atoms with E-state index in [1.807, 2.05) is 30.3 Å². The maximum Gasteiger partial charge on any atom is 0.673 e. The molecule has 0 aromatic heterocycles. The van der Waals surface area contributed by atoms with Gasteiger partial charge in [0.2, 0.25) is 5.39 Å². The van der Waals surface area contributed by atoms with Crippen molar-refractivity contribution in [3.63, 3.8) is 0 Å². The van der Waals surface area contributed by atoms with Gasteiger partial charge in [-0.2, -0.15) is 5.26 Å². The molecular weight excluding hydrogens is 299 g/mol. The molecule has 0 atom stereocenters. The Morgan fingerprint density at radius 3 is 2.09 bits per heavy atom. The number of hydrogen-bond acceptors (Lipinski definition) is 3. The molecule has 0 saturated carbocycles. The van der Waals surface area contributed by atoms with Crippen LogP contribution in [0.3, 0.4) is 0 Å². The SMILES string of the molecule is F[B-](F)(F)F.N#Cc1cc([N+]#N)ccc1Nc1ccccc1. The van der Waals surface area contributed by atoms with Gasteiger partial charge in [0, 0.05) is 11.8 Å². The lowest BCUT2D eigenvalue weighted by Gasteiger charge is -2.06. The molecule has 0 saturated heterocycles. The maximum atomic E-state index is 9.75. The molecule has 0 aliphatic rings. The van der Waals surface area contributed by atoms with Crippen LogP contribution in [-0.4, -0.2) is 7.25 Å². The summed E-state index contributed by atoms with van der Waals surface area (Å²) < 4.78 is 39.0. The van der Waals surface area contributed by atoms with Gasteiger partial charge in [-0.1, -0.05) is 18.2 Å². The molecule has 0 heterocycles. The van der Waals surface area contributed by atoms with E-state index in [1.54, 1.807) is 12.1 Å². The highest BCUT2D eigenvalue weighted by atomic mass is 19.5. The lowest BCUT2D eigenvalue weighted by molar-refractivity contribution is 0.368. The minimum atomic E-state index is -6.00. The zero-order valence-electron chi connectivity index (χ0n) is 11.0. The number of para-hydroxylation sites is 1. The average molecular weight is 308 g/mol. The second-order valence-corrected chi connectivity index (χ2v) is 3.93. The van der Waals surface area contributed by atoms with Gasteiger partial charge in [-0.05, 0) is 18.2 Å². The summed E-state index contributed by atoms with van der Waals surface area (Å²) in [6.07, 6.45) is 0. The molecule has 2 rings (SSSR count). The Labute approximate surface area is 123 Å². The quantitative estimate of drug-likeness (QED) is 0.477. The number of halogens is 4. The van der Waals surface area contributed by atoms with E-state index in [2.05, 4.69) is 16.4 Å². The van der Waals surface area contributed by atoms with Gasteiger partial charge in [0.05, 0.1) is 17.3 Å². The Balaban J connectivity index is 0.000000422. The minimum Gasteiger partial charge on any atom is -0.418 e. The monoisotopic (exact) mass is 308 g/mol. The summed E-state index contributed by atoms with van der Waals surface area (Å²) in [5.74, 6) is 0. The highest BCUT2D eigenvalue weighted by Gasteiger charge is 2.20. The second kappa shape index (κ2) is 7.65. The molecule has 0 spiro atoms. The van der Waals surface area contributed by atoms with Gasteiger partial charge in [0.25, 0.3) is 0 Å². The van der Waals surface area contributed by atoms with Gasteiger partial charge in [0.15, 0.2) is 4.98 Å². The molecule has 112 valence electrons. The van der Waals surface area contributed by atoms with Crippen LogP contribution in [-0.2, 0) is 0 Å². The first kappa shape index (κ1) is 17.0. The zero-order chi connectivity index (χ0) is 16.6. The summed E-state index contributed by atoms with van der Waals surface area (Å²) in [6.45, 7) is 0. The van der Waals surface area contributed by atoms with E-state index in [4.69, 9.17) is 10.7 Å². The van der Waals surface area contributed by atoms with E-state index in [9.17, 15) is 17.3 Å². The van der Waals surface area contributed by atoms with Crippen LogP contribution in [0.4, 0.5) is 34.3 Å². The second-order valence-electron chi connectivity index (χ2n) is 3.93. The van der Waals surface area contributed by atoms with Crippen LogP contribution in [0.1, 0.15) is 5.56 Å². The number of nitriles is 1. The number of hydrogen-bond donors (Lipinski definition) is 1. The highest BCUT2D eigenvalue weighted by Crippen LogP contribution is 2.24. The van der Waals surface area contributed by atoms with Crippen molar-refractivity contribution < 1.29 is 17.3 Å². The number of anilines is 2. The Bertz CT molecular complexity index is 699. The van der Waals surface area contributed by atoms with E-state index >= 15 is 0 Å². The third-order valence-corrected chi connectivity index (χ3v) is 2.29. The standard InChI is InChI=1S/C13H9N4.BF4/c14-9-10-8-12(17-15)6-7-13(10)16-11-4-2-1-3-5-11;2-1(3,4)5/h1-8,16H;/q+1;-1. The van der Waals surface area contributed by atoms with Crippen molar-refractivity contribution in [2.75, 3.05) is 5.32 Å². The van der Waals surface area contributed by atoms with Crippen molar-refractivity contribution in [3.05, 3.63) is 59.1 Å². The number of benzene rings is 2. The van der Waals surface area contributed by atoms with Gasteiger partial charge in [-0.15, -0.1) is 0 Å². The molecule has 0 aliphatic heterocycles. The van der Waals surface area contributed by atoms with Gasteiger partial charge in [-0.3, -0.25) is 0 Å². The predicted octanol–water partition coefficient (Wildman–Crippen LogP) is 5.09. The van der Waals surface area contributed by atoms with E-state index in [1.165, 1.54) is 6.07 Å². The van der Waals surface area contributed by atoms with Gasteiger partial charge in [0.1, 0.15) is 6.07 Å². The first-order valence-electron chi connectivity index (χ1n) is 5.92. The van der Waals surface area contributed by atoms with Crippen molar-refractivity contribution in [1.82, 2.24) is 0 Å². The molecule has 0 bridgehead atoms. The third-order valence-electron chi connectivity index (χ3n) is 2.29. The summed E-state index contributed by atoms with van der Waals surface area (Å²) in [5, 5.41) is 20.8. The normalized spacial score (nSPS) is 9.73. The van der Waals surface area contributed by atoms with Crippen LogP contribution in [0, 0.1) is 16.7 Å².